The normalized spacial score (nSPS) is 22.9. The summed E-state index contributed by atoms with van der Waals surface area (Å²) in [6.45, 7) is 6.67. The van der Waals surface area contributed by atoms with Gasteiger partial charge in [-0.3, -0.25) is 9.80 Å². The molecule has 2 aromatic rings. The average Bonchev–Trinajstić information content (AvgIpc) is 3.18. The highest BCUT2D eigenvalue weighted by atomic mass is 35.5. The van der Waals surface area contributed by atoms with Gasteiger partial charge in [-0.2, -0.15) is 5.10 Å². The Morgan fingerprint density at radius 3 is 2.76 bits per heavy atom. The van der Waals surface area contributed by atoms with Crippen molar-refractivity contribution in [1.82, 2.24) is 24.5 Å². The lowest BCUT2D eigenvalue weighted by Gasteiger charge is -2.47. The van der Waals surface area contributed by atoms with E-state index in [1.165, 1.54) is 31.5 Å². The van der Waals surface area contributed by atoms with Gasteiger partial charge in [0.15, 0.2) is 0 Å². The molecular weight excluding hydrogens is 386 g/mol. The van der Waals surface area contributed by atoms with Gasteiger partial charge in [-0.05, 0) is 57.6 Å². The zero-order chi connectivity index (χ0) is 20.2. The predicted octanol–water partition coefficient (Wildman–Crippen LogP) is 2.49. The summed E-state index contributed by atoms with van der Waals surface area (Å²) in [5, 5.41) is 14.9. The van der Waals surface area contributed by atoms with Crippen molar-refractivity contribution in [2.75, 3.05) is 46.4 Å². The molecule has 0 amide bonds. The molecule has 2 aliphatic rings. The van der Waals surface area contributed by atoms with Crippen molar-refractivity contribution < 1.29 is 5.11 Å². The number of nitrogens with zero attached hydrogens (tertiary/aromatic N) is 5. The molecule has 4 rings (SSSR count). The third-order valence-corrected chi connectivity index (χ3v) is 6.58. The molecule has 0 spiro atoms. The van der Waals surface area contributed by atoms with Gasteiger partial charge in [0, 0.05) is 61.7 Å². The summed E-state index contributed by atoms with van der Waals surface area (Å²) < 4.78 is 1.89. The van der Waals surface area contributed by atoms with Crippen molar-refractivity contribution >= 4 is 11.6 Å². The highest BCUT2D eigenvalue weighted by Crippen LogP contribution is 2.24. The Labute approximate surface area is 178 Å². The van der Waals surface area contributed by atoms with Gasteiger partial charge in [0.25, 0.3) is 0 Å². The lowest BCUT2D eigenvalue weighted by Crippen LogP contribution is -2.58. The molecule has 6 nitrogen and oxygen atoms in total. The molecule has 3 heterocycles. The number of aromatic nitrogens is 2. The number of benzene rings is 1. The van der Waals surface area contributed by atoms with Crippen LogP contribution >= 0.6 is 11.6 Å². The second-order valence-corrected chi connectivity index (χ2v) is 8.88. The Bertz CT molecular complexity index is 789. The number of piperazine rings is 1. The lowest BCUT2D eigenvalue weighted by molar-refractivity contribution is 0.00599. The largest absolute Gasteiger partial charge is 0.396 e. The van der Waals surface area contributed by atoms with Crippen molar-refractivity contribution in [2.24, 2.45) is 0 Å². The minimum atomic E-state index is 0.258. The number of halogens is 1. The maximum absolute atomic E-state index is 9.63. The van der Waals surface area contributed by atoms with E-state index in [2.05, 4.69) is 33.0 Å². The second-order valence-electron chi connectivity index (χ2n) is 8.45. The fourth-order valence-electron chi connectivity index (χ4n) is 4.75. The van der Waals surface area contributed by atoms with Crippen molar-refractivity contribution in [3.63, 3.8) is 0 Å². The number of piperidine rings is 1. The number of hydrogen-bond donors (Lipinski definition) is 1. The topological polar surface area (TPSA) is 47.8 Å². The molecule has 0 aliphatic carbocycles. The monoisotopic (exact) mass is 417 g/mol. The summed E-state index contributed by atoms with van der Waals surface area (Å²) in [6.07, 6.45) is 7.38. The van der Waals surface area contributed by atoms with E-state index in [4.69, 9.17) is 11.6 Å². The van der Waals surface area contributed by atoms with Crippen LogP contribution in [0.1, 0.15) is 24.8 Å². The molecule has 0 saturated carbocycles. The molecule has 7 heteroatoms. The molecule has 1 aromatic heterocycles. The van der Waals surface area contributed by atoms with Crippen LogP contribution in [0.15, 0.2) is 36.7 Å². The van der Waals surface area contributed by atoms with E-state index < -0.39 is 0 Å². The molecular formula is C22H32ClN5O. The van der Waals surface area contributed by atoms with Gasteiger partial charge in [0.05, 0.1) is 11.9 Å². The lowest BCUT2D eigenvalue weighted by atomic mass is 9.98. The first-order chi connectivity index (χ1) is 14.1. The smallest absolute Gasteiger partial charge is 0.0660 e. The number of aliphatic hydroxyl groups is 1. The minimum absolute atomic E-state index is 0.258. The van der Waals surface area contributed by atoms with Gasteiger partial charge in [-0.15, -0.1) is 0 Å². The van der Waals surface area contributed by atoms with E-state index in [0.717, 1.165) is 43.3 Å². The second kappa shape index (κ2) is 9.58. The van der Waals surface area contributed by atoms with Crippen LogP contribution in [0.25, 0.3) is 5.69 Å². The average molecular weight is 418 g/mol. The van der Waals surface area contributed by atoms with Gasteiger partial charge in [0.1, 0.15) is 0 Å². The Morgan fingerprint density at radius 2 is 2.00 bits per heavy atom. The van der Waals surface area contributed by atoms with Crippen molar-refractivity contribution in [3.05, 3.63) is 47.2 Å². The van der Waals surface area contributed by atoms with Gasteiger partial charge in [0.2, 0.25) is 0 Å². The van der Waals surface area contributed by atoms with Crippen molar-refractivity contribution in [3.8, 4) is 5.69 Å². The molecule has 2 aliphatic heterocycles. The fraction of sp³-hybridized carbons (Fsp3) is 0.591. The molecule has 158 valence electrons. The molecule has 1 N–H and O–H groups in total. The number of rotatable bonds is 6. The molecule has 0 bridgehead atoms. The molecule has 2 saturated heterocycles. The Morgan fingerprint density at radius 1 is 1.17 bits per heavy atom. The Hall–Kier alpha value is -1.44. The molecule has 1 atom stereocenters. The van der Waals surface area contributed by atoms with Crippen LogP contribution in [0.2, 0.25) is 5.02 Å². The van der Waals surface area contributed by atoms with Crippen molar-refractivity contribution in [2.45, 2.75) is 37.9 Å². The Balaban J connectivity index is 1.38. The highest BCUT2D eigenvalue weighted by Gasteiger charge is 2.33. The third-order valence-electron chi connectivity index (χ3n) is 6.35. The van der Waals surface area contributed by atoms with Crippen LogP contribution in [-0.4, -0.2) is 88.0 Å². The molecule has 2 fully saturated rings. The first-order valence-electron chi connectivity index (χ1n) is 10.7. The van der Waals surface area contributed by atoms with E-state index >= 15 is 0 Å². The van der Waals surface area contributed by atoms with Crippen LogP contribution < -0.4 is 0 Å². The van der Waals surface area contributed by atoms with Gasteiger partial charge in [-0.25, -0.2) is 4.68 Å². The van der Waals surface area contributed by atoms with Gasteiger partial charge < -0.3 is 10.0 Å². The predicted molar refractivity (Wildman–Crippen MR) is 117 cm³/mol. The maximum Gasteiger partial charge on any atom is 0.0660 e. The summed E-state index contributed by atoms with van der Waals surface area (Å²) in [5.41, 5.74) is 2.19. The first kappa shape index (κ1) is 20.8. The summed E-state index contributed by atoms with van der Waals surface area (Å²) in [6, 6.07) is 8.86. The first-order valence-corrected chi connectivity index (χ1v) is 11.1. The number of likely N-dealkylation sites (tertiary alicyclic amines) is 1. The standard InChI is InChI=1S/C22H32ClN5O/c1-25-8-5-20(6-9-25)27-11-10-26(17-22(27)7-12-29)15-18-14-24-28(16-18)21-4-2-3-19(23)13-21/h2-4,13-14,16,20,22,29H,5-12,15,17H2,1H3. The zero-order valence-electron chi connectivity index (χ0n) is 17.3. The molecule has 0 radical (unpaired) electrons. The SMILES string of the molecule is CN1CCC(N2CCN(Cc3cnn(-c4cccc(Cl)c4)c3)CC2CCO)CC1. The molecule has 1 aromatic carbocycles. The quantitative estimate of drug-likeness (QED) is 0.782. The fourth-order valence-corrected chi connectivity index (χ4v) is 4.94. The van der Waals surface area contributed by atoms with Crippen LogP contribution in [0, 0.1) is 0 Å². The summed E-state index contributed by atoms with van der Waals surface area (Å²) in [5.74, 6) is 0. The summed E-state index contributed by atoms with van der Waals surface area (Å²) in [4.78, 5) is 7.60. The Kier molecular flexibility index (Phi) is 6.88. The van der Waals surface area contributed by atoms with E-state index in [9.17, 15) is 5.11 Å². The molecule has 29 heavy (non-hydrogen) atoms. The summed E-state index contributed by atoms with van der Waals surface area (Å²) >= 11 is 6.11. The van der Waals surface area contributed by atoms with E-state index in [1.54, 1.807) is 0 Å². The van der Waals surface area contributed by atoms with E-state index in [-0.39, 0.29) is 6.61 Å². The van der Waals surface area contributed by atoms with Gasteiger partial charge >= 0.3 is 0 Å². The molecule has 1 unspecified atom stereocenters. The van der Waals surface area contributed by atoms with Crippen molar-refractivity contribution in [1.29, 1.82) is 0 Å². The minimum Gasteiger partial charge on any atom is -0.396 e. The number of aliphatic hydroxyl groups excluding tert-OH is 1. The highest BCUT2D eigenvalue weighted by molar-refractivity contribution is 6.30. The van der Waals surface area contributed by atoms with E-state index in [0.29, 0.717) is 12.1 Å². The van der Waals surface area contributed by atoms with Crippen LogP contribution in [-0.2, 0) is 6.54 Å². The van der Waals surface area contributed by atoms with Crippen LogP contribution in [0.4, 0.5) is 0 Å². The zero-order valence-corrected chi connectivity index (χ0v) is 18.0. The van der Waals surface area contributed by atoms with Crippen LogP contribution in [0.5, 0.6) is 0 Å². The van der Waals surface area contributed by atoms with Crippen LogP contribution in [0.3, 0.4) is 0 Å². The maximum atomic E-state index is 9.63. The van der Waals surface area contributed by atoms with E-state index in [1.807, 2.05) is 35.1 Å². The third kappa shape index (κ3) is 5.19. The summed E-state index contributed by atoms with van der Waals surface area (Å²) in [7, 11) is 2.21. The number of hydrogen-bond acceptors (Lipinski definition) is 5. The van der Waals surface area contributed by atoms with Gasteiger partial charge in [-0.1, -0.05) is 17.7 Å².